The molecule has 0 radical (unpaired) electrons. The molecule has 7 rings (SSSR count). The molecular weight excluding hydrogens is 496 g/mol. The third-order valence-corrected chi connectivity index (χ3v) is 7.97. The Hall–Kier alpha value is -4.30. The van der Waals surface area contributed by atoms with Crippen LogP contribution in [0.3, 0.4) is 0 Å². The largest absolute Gasteiger partial charge is 0.324 e. The highest BCUT2D eigenvalue weighted by atomic mass is 15.5. The number of nitrogens with zero attached hydrogens (tertiary/aromatic N) is 7. The number of fused-ring (bicyclic) bond motifs is 1. The Morgan fingerprint density at radius 2 is 1.68 bits per heavy atom. The summed E-state index contributed by atoms with van der Waals surface area (Å²) in [5, 5.41) is 14.7. The monoisotopic (exact) mass is 530 g/mol. The number of aryl methyl sites for hydroxylation is 1. The zero-order chi connectivity index (χ0) is 26.9. The van der Waals surface area contributed by atoms with Gasteiger partial charge in [0, 0.05) is 37.3 Å². The van der Waals surface area contributed by atoms with Gasteiger partial charge in [0.05, 0.1) is 12.4 Å². The number of anilines is 2. The zero-order valence-corrected chi connectivity index (χ0v) is 22.9. The predicted molar refractivity (Wildman–Crippen MR) is 157 cm³/mol. The number of para-hydroxylation sites is 1. The van der Waals surface area contributed by atoms with Crippen LogP contribution in [0.25, 0.3) is 22.5 Å². The minimum absolute atomic E-state index is 0.604. The zero-order valence-electron chi connectivity index (χ0n) is 22.9. The van der Waals surface area contributed by atoms with Gasteiger partial charge in [0.1, 0.15) is 5.82 Å². The quantitative estimate of drug-likeness (QED) is 0.250. The van der Waals surface area contributed by atoms with Crippen molar-refractivity contribution in [1.82, 2.24) is 35.1 Å². The molecule has 202 valence electrons. The van der Waals surface area contributed by atoms with Gasteiger partial charge in [-0.2, -0.15) is 5.21 Å². The van der Waals surface area contributed by atoms with Crippen molar-refractivity contribution in [2.75, 3.05) is 18.1 Å². The molecule has 2 aromatic heterocycles. The number of hydrogen-bond donors (Lipinski definition) is 1. The van der Waals surface area contributed by atoms with E-state index in [1.807, 2.05) is 18.2 Å². The molecule has 1 aliphatic carbocycles. The van der Waals surface area contributed by atoms with Gasteiger partial charge in [0.2, 0.25) is 5.82 Å². The standard InChI is InChI=1S/C32H34N8/c1-2-8-30-33-32-29(21-38(19-23-13-14-23)22-40(32)26-9-4-3-5-10-26)39(30)20-24-15-17-25(18-16-24)27-11-6-7-12-28(27)31-34-36-37-35-31/h3-7,9-12,15-18,23H,2,8,13-14,19-22H2,1H3,(H,34,35,36,37). The van der Waals surface area contributed by atoms with Crippen LogP contribution in [0.1, 0.15) is 43.3 Å². The number of imidazole rings is 1. The van der Waals surface area contributed by atoms with Crippen LogP contribution in [-0.2, 0) is 19.5 Å². The highest BCUT2D eigenvalue weighted by molar-refractivity contribution is 5.80. The number of hydrogen-bond acceptors (Lipinski definition) is 6. The lowest BCUT2D eigenvalue weighted by Crippen LogP contribution is -2.41. The van der Waals surface area contributed by atoms with E-state index in [9.17, 15) is 0 Å². The van der Waals surface area contributed by atoms with Crippen LogP contribution in [0.15, 0.2) is 78.9 Å². The van der Waals surface area contributed by atoms with Crippen molar-refractivity contribution < 1.29 is 0 Å². The SMILES string of the molecule is CCCc1nc2c(n1Cc1ccc(-c3ccccc3-c3nn[nH]n3)cc1)CN(CC1CC1)CN2c1ccccc1. The average Bonchev–Trinajstić information content (AvgIpc) is 3.51. The molecule has 0 atom stereocenters. The second-order valence-electron chi connectivity index (χ2n) is 11.0. The van der Waals surface area contributed by atoms with E-state index in [0.717, 1.165) is 67.6 Å². The van der Waals surface area contributed by atoms with Gasteiger partial charge < -0.3 is 9.47 Å². The lowest BCUT2D eigenvalue weighted by molar-refractivity contribution is 0.243. The summed E-state index contributed by atoms with van der Waals surface area (Å²) < 4.78 is 2.48. The molecule has 40 heavy (non-hydrogen) atoms. The van der Waals surface area contributed by atoms with Crippen LogP contribution < -0.4 is 4.90 Å². The molecule has 0 saturated heterocycles. The van der Waals surface area contributed by atoms with Crippen LogP contribution in [0.5, 0.6) is 0 Å². The van der Waals surface area contributed by atoms with Crippen molar-refractivity contribution in [2.24, 2.45) is 5.92 Å². The van der Waals surface area contributed by atoms with E-state index >= 15 is 0 Å². The van der Waals surface area contributed by atoms with Crippen LogP contribution in [0.2, 0.25) is 0 Å². The fraction of sp³-hybridized carbons (Fsp3) is 0.312. The van der Waals surface area contributed by atoms with Gasteiger partial charge in [-0.1, -0.05) is 73.7 Å². The molecule has 3 heterocycles. The van der Waals surface area contributed by atoms with Crippen LogP contribution in [0.4, 0.5) is 11.5 Å². The summed E-state index contributed by atoms with van der Waals surface area (Å²) in [6.45, 7) is 6.05. The minimum Gasteiger partial charge on any atom is -0.324 e. The van der Waals surface area contributed by atoms with E-state index in [2.05, 4.69) is 103 Å². The van der Waals surface area contributed by atoms with Crippen molar-refractivity contribution in [3.05, 3.63) is 95.9 Å². The molecular formula is C32H34N8. The van der Waals surface area contributed by atoms with Gasteiger partial charge >= 0.3 is 0 Å². The molecule has 1 saturated carbocycles. The Morgan fingerprint density at radius 1 is 0.900 bits per heavy atom. The maximum atomic E-state index is 5.27. The number of aromatic nitrogens is 6. The summed E-state index contributed by atoms with van der Waals surface area (Å²) >= 11 is 0. The third kappa shape index (κ3) is 4.91. The van der Waals surface area contributed by atoms with E-state index in [-0.39, 0.29) is 0 Å². The van der Waals surface area contributed by atoms with Crippen molar-refractivity contribution in [1.29, 1.82) is 0 Å². The fourth-order valence-electron chi connectivity index (χ4n) is 5.80. The molecule has 0 amide bonds. The molecule has 0 unspecified atom stereocenters. The van der Waals surface area contributed by atoms with Crippen LogP contribution in [0, 0.1) is 5.92 Å². The van der Waals surface area contributed by atoms with Gasteiger partial charge in [0.15, 0.2) is 5.82 Å². The van der Waals surface area contributed by atoms with Crippen LogP contribution >= 0.6 is 0 Å². The Labute approximate surface area is 234 Å². The maximum absolute atomic E-state index is 5.27. The van der Waals surface area contributed by atoms with Crippen molar-refractivity contribution in [3.8, 4) is 22.5 Å². The topological polar surface area (TPSA) is 78.8 Å². The molecule has 8 heteroatoms. The molecule has 2 aliphatic rings. The van der Waals surface area contributed by atoms with Crippen molar-refractivity contribution in [3.63, 3.8) is 0 Å². The summed E-state index contributed by atoms with van der Waals surface area (Å²) in [5.74, 6) is 3.74. The molecule has 0 bridgehead atoms. The first-order valence-corrected chi connectivity index (χ1v) is 14.3. The first kappa shape index (κ1) is 24.7. The summed E-state index contributed by atoms with van der Waals surface area (Å²) in [4.78, 5) is 10.3. The summed E-state index contributed by atoms with van der Waals surface area (Å²) in [5.41, 5.74) is 7.00. The Kier molecular flexibility index (Phi) is 6.61. The average molecular weight is 531 g/mol. The molecule has 0 spiro atoms. The molecule has 1 N–H and O–H groups in total. The van der Waals surface area contributed by atoms with E-state index in [0.29, 0.717) is 5.82 Å². The third-order valence-electron chi connectivity index (χ3n) is 7.97. The lowest BCUT2D eigenvalue weighted by atomic mass is 9.98. The fourth-order valence-corrected chi connectivity index (χ4v) is 5.80. The number of benzene rings is 3. The van der Waals surface area contributed by atoms with E-state index in [1.165, 1.54) is 35.6 Å². The van der Waals surface area contributed by atoms with E-state index in [1.54, 1.807) is 0 Å². The number of rotatable bonds is 9. The van der Waals surface area contributed by atoms with Gasteiger partial charge in [-0.25, -0.2) is 4.98 Å². The molecule has 8 nitrogen and oxygen atoms in total. The summed E-state index contributed by atoms with van der Waals surface area (Å²) in [6.07, 6.45) is 4.75. The number of H-pyrrole nitrogens is 1. The van der Waals surface area contributed by atoms with Gasteiger partial charge in [-0.3, -0.25) is 4.90 Å². The van der Waals surface area contributed by atoms with E-state index in [4.69, 9.17) is 4.98 Å². The van der Waals surface area contributed by atoms with Crippen molar-refractivity contribution >= 4 is 11.5 Å². The minimum atomic E-state index is 0.604. The molecule has 1 aliphatic heterocycles. The van der Waals surface area contributed by atoms with Crippen LogP contribution in [-0.4, -0.2) is 48.3 Å². The highest BCUT2D eigenvalue weighted by Gasteiger charge is 2.33. The van der Waals surface area contributed by atoms with Crippen molar-refractivity contribution in [2.45, 2.75) is 45.7 Å². The van der Waals surface area contributed by atoms with Gasteiger partial charge in [-0.05, 0) is 59.2 Å². The number of tetrazole rings is 1. The highest BCUT2D eigenvalue weighted by Crippen LogP contribution is 2.37. The molecule has 1 fully saturated rings. The maximum Gasteiger partial charge on any atom is 0.205 e. The lowest BCUT2D eigenvalue weighted by Gasteiger charge is -2.36. The van der Waals surface area contributed by atoms with Gasteiger partial charge in [0.25, 0.3) is 0 Å². The predicted octanol–water partition coefficient (Wildman–Crippen LogP) is 6.05. The summed E-state index contributed by atoms with van der Waals surface area (Å²) in [7, 11) is 0. The molecule has 3 aromatic carbocycles. The number of nitrogens with one attached hydrogen (secondary N) is 1. The smallest absolute Gasteiger partial charge is 0.205 e. The number of aromatic amines is 1. The van der Waals surface area contributed by atoms with Gasteiger partial charge in [-0.15, -0.1) is 10.2 Å². The molecule has 5 aromatic rings. The van der Waals surface area contributed by atoms with E-state index < -0.39 is 0 Å². The Bertz CT molecular complexity index is 1570. The normalized spacial score (nSPS) is 15.4. The second-order valence-corrected chi connectivity index (χ2v) is 11.0. The Morgan fingerprint density at radius 3 is 2.40 bits per heavy atom. The Balaban J connectivity index is 1.22. The first-order valence-electron chi connectivity index (χ1n) is 14.3. The second kappa shape index (κ2) is 10.7. The summed E-state index contributed by atoms with van der Waals surface area (Å²) in [6, 6.07) is 27.8. The first-order chi connectivity index (χ1) is 19.8.